The SMILES string of the molecule is CC(=O)OCC(=O)[C@@]1(O)C(C)C[C@H]2[C@@H]3[C@H](I)[C@@H](F)C4=CC(=O)C=C[C@]4(C)[C@@]3(F)[C@@H](O)C[C@@]21C. The van der Waals surface area contributed by atoms with Crippen molar-refractivity contribution in [1.29, 1.82) is 0 Å². The zero-order valence-electron chi connectivity index (χ0n) is 19.0. The molecule has 0 radical (unpaired) electrons. The van der Waals surface area contributed by atoms with Crippen LogP contribution < -0.4 is 0 Å². The van der Waals surface area contributed by atoms with Gasteiger partial charge in [-0.1, -0.05) is 42.5 Å². The number of carbonyl (C=O) groups excluding carboxylic acids is 3. The predicted octanol–water partition coefficient (Wildman–Crippen LogP) is 2.83. The molecule has 1 unspecified atom stereocenters. The number of esters is 1. The molecule has 9 heteroatoms. The number of carbonyl (C=O) groups is 3. The second-order valence-electron chi connectivity index (χ2n) is 10.5. The maximum atomic E-state index is 17.3. The number of fused-ring (bicyclic) bond motifs is 5. The van der Waals surface area contributed by atoms with Gasteiger partial charge in [-0.2, -0.15) is 0 Å². The van der Waals surface area contributed by atoms with Crippen molar-refractivity contribution < 1.29 is 38.1 Å². The van der Waals surface area contributed by atoms with E-state index in [-0.39, 0.29) is 18.4 Å². The quantitative estimate of drug-likeness (QED) is 0.304. The summed E-state index contributed by atoms with van der Waals surface area (Å²) in [5.74, 6) is -4.08. The molecule has 182 valence electrons. The smallest absolute Gasteiger partial charge is 0.303 e. The Labute approximate surface area is 205 Å². The summed E-state index contributed by atoms with van der Waals surface area (Å²) in [4.78, 5) is 36.3. The Balaban J connectivity index is 1.84. The van der Waals surface area contributed by atoms with Crippen LogP contribution in [-0.4, -0.2) is 61.8 Å². The summed E-state index contributed by atoms with van der Waals surface area (Å²) in [6.07, 6.45) is 0.444. The first kappa shape index (κ1) is 24.9. The standard InChI is InChI=1S/C24H29F2IO6/c1-11-7-14-18-20(27)19(25)15-8-13(29)5-6-21(15,3)23(18,26)16(30)9-22(14,4)24(11,32)17(31)10-33-12(2)28/h5-6,8,11,14,16,18-20,30,32H,7,9-10H2,1-4H3/t11?,14-,16-,18+,19-,20-,21-,22-,23+,24-/m0/s1. The molecule has 4 rings (SSSR count). The number of allylic oxidation sites excluding steroid dienone is 4. The molecule has 4 aliphatic rings. The van der Waals surface area contributed by atoms with Crippen molar-refractivity contribution in [3.05, 3.63) is 23.8 Å². The number of ether oxygens (including phenoxy) is 1. The van der Waals surface area contributed by atoms with E-state index in [0.717, 1.165) is 13.0 Å². The van der Waals surface area contributed by atoms with E-state index in [1.165, 1.54) is 19.1 Å². The number of hydrogen-bond acceptors (Lipinski definition) is 6. The van der Waals surface area contributed by atoms with Gasteiger partial charge in [0.15, 0.2) is 18.1 Å². The summed E-state index contributed by atoms with van der Waals surface area (Å²) in [7, 11) is 0. The van der Waals surface area contributed by atoms with Crippen LogP contribution in [-0.2, 0) is 19.1 Å². The van der Waals surface area contributed by atoms with Gasteiger partial charge in [0.05, 0.1) is 10.0 Å². The van der Waals surface area contributed by atoms with Gasteiger partial charge in [0.25, 0.3) is 0 Å². The summed E-state index contributed by atoms with van der Waals surface area (Å²) in [5.41, 5.74) is -7.08. The fourth-order valence-electron chi connectivity index (χ4n) is 7.35. The number of halogens is 3. The molecule has 33 heavy (non-hydrogen) atoms. The van der Waals surface area contributed by atoms with Crippen LogP contribution in [0.1, 0.15) is 40.5 Å². The minimum absolute atomic E-state index is 0.0167. The van der Waals surface area contributed by atoms with Crippen LogP contribution in [0.5, 0.6) is 0 Å². The fraction of sp³-hybridized carbons (Fsp3) is 0.708. The van der Waals surface area contributed by atoms with Gasteiger partial charge >= 0.3 is 5.97 Å². The first-order valence-corrected chi connectivity index (χ1v) is 12.4. The molecular formula is C24H29F2IO6. The third kappa shape index (κ3) is 2.97. The van der Waals surface area contributed by atoms with Gasteiger partial charge in [-0.25, -0.2) is 8.78 Å². The summed E-state index contributed by atoms with van der Waals surface area (Å²) < 4.78 is 36.9. The molecule has 6 nitrogen and oxygen atoms in total. The van der Waals surface area contributed by atoms with Gasteiger partial charge in [0.1, 0.15) is 11.8 Å². The van der Waals surface area contributed by atoms with Crippen molar-refractivity contribution in [2.24, 2.45) is 28.6 Å². The Morgan fingerprint density at radius 1 is 1.33 bits per heavy atom. The van der Waals surface area contributed by atoms with Gasteiger partial charge in [0, 0.05) is 23.7 Å². The van der Waals surface area contributed by atoms with Crippen LogP contribution >= 0.6 is 22.6 Å². The summed E-state index contributed by atoms with van der Waals surface area (Å²) in [6.45, 7) is 5.34. The molecule has 3 saturated carbocycles. The lowest BCUT2D eigenvalue weighted by molar-refractivity contribution is -0.221. The monoisotopic (exact) mass is 578 g/mol. The van der Waals surface area contributed by atoms with E-state index >= 15 is 8.78 Å². The van der Waals surface area contributed by atoms with Crippen LogP contribution in [0, 0.1) is 28.6 Å². The highest BCUT2D eigenvalue weighted by Crippen LogP contribution is 2.71. The molecule has 3 fully saturated rings. The molecule has 0 bridgehead atoms. The van der Waals surface area contributed by atoms with Crippen LogP contribution in [0.3, 0.4) is 0 Å². The van der Waals surface area contributed by atoms with Crippen molar-refractivity contribution in [3.63, 3.8) is 0 Å². The molecular weight excluding hydrogens is 549 g/mol. The van der Waals surface area contributed by atoms with Gasteiger partial charge in [-0.3, -0.25) is 14.4 Å². The van der Waals surface area contributed by atoms with E-state index in [9.17, 15) is 24.6 Å². The molecule has 10 atom stereocenters. The minimum Gasteiger partial charge on any atom is -0.458 e. The van der Waals surface area contributed by atoms with Crippen molar-refractivity contribution in [2.75, 3.05) is 6.61 Å². The second kappa shape index (κ2) is 7.65. The molecule has 2 N–H and O–H groups in total. The third-order valence-corrected chi connectivity index (χ3v) is 10.5. The highest BCUT2D eigenvalue weighted by atomic mass is 127. The first-order chi connectivity index (χ1) is 15.2. The lowest BCUT2D eigenvalue weighted by Crippen LogP contribution is -2.73. The van der Waals surface area contributed by atoms with E-state index in [1.807, 2.05) is 22.6 Å². The summed E-state index contributed by atoms with van der Waals surface area (Å²) >= 11 is 1.85. The topological polar surface area (TPSA) is 101 Å². The van der Waals surface area contributed by atoms with Crippen LogP contribution in [0.25, 0.3) is 0 Å². The Bertz CT molecular complexity index is 982. The van der Waals surface area contributed by atoms with Crippen molar-refractivity contribution in [1.82, 2.24) is 0 Å². The number of aliphatic hydroxyl groups excluding tert-OH is 1. The molecule has 0 amide bonds. The third-order valence-electron chi connectivity index (χ3n) is 9.06. The number of ketones is 2. The van der Waals surface area contributed by atoms with Gasteiger partial charge in [-0.05, 0) is 49.3 Å². The molecule has 0 spiro atoms. The maximum absolute atomic E-state index is 17.3. The van der Waals surface area contributed by atoms with E-state index in [0.29, 0.717) is 0 Å². The Hall–Kier alpha value is -1.20. The highest BCUT2D eigenvalue weighted by molar-refractivity contribution is 14.1. The Morgan fingerprint density at radius 3 is 2.58 bits per heavy atom. The predicted molar refractivity (Wildman–Crippen MR) is 123 cm³/mol. The first-order valence-electron chi connectivity index (χ1n) is 11.2. The van der Waals surface area contributed by atoms with Crippen LogP contribution in [0.4, 0.5) is 8.78 Å². The summed E-state index contributed by atoms with van der Waals surface area (Å²) in [6, 6.07) is 0. The average Bonchev–Trinajstić information content (AvgIpc) is 2.93. The minimum atomic E-state index is -2.31. The zero-order valence-corrected chi connectivity index (χ0v) is 21.1. The number of rotatable bonds is 3. The highest BCUT2D eigenvalue weighted by Gasteiger charge is 2.78. The number of Topliss-reactive ketones (excluding diaryl/α,β-unsaturated/α-hetero) is 1. The van der Waals surface area contributed by atoms with E-state index in [2.05, 4.69) is 0 Å². The van der Waals surface area contributed by atoms with Crippen molar-refractivity contribution >= 4 is 40.1 Å². The van der Waals surface area contributed by atoms with Gasteiger partial charge in [-0.15, -0.1) is 0 Å². The molecule has 0 aliphatic heterocycles. The lowest BCUT2D eigenvalue weighted by atomic mass is 9.44. The van der Waals surface area contributed by atoms with E-state index in [1.54, 1.807) is 13.8 Å². The van der Waals surface area contributed by atoms with E-state index in [4.69, 9.17) is 4.74 Å². The molecule has 0 saturated heterocycles. The average molecular weight is 578 g/mol. The molecule has 0 aromatic carbocycles. The van der Waals surface area contributed by atoms with Crippen LogP contribution in [0.2, 0.25) is 0 Å². The Kier molecular flexibility index (Phi) is 5.77. The number of alkyl halides is 3. The van der Waals surface area contributed by atoms with Crippen molar-refractivity contribution in [3.8, 4) is 0 Å². The normalized spacial score (nSPS) is 50.7. The molecule has 0 aromatic rings. The second-order valence-corrected chi connectivity index (χ2v) is 12.0. The number of aliphatic hydroxyl groups is 2. The molecule has 0 heterocycles. The maximum Gasteiger partial charge on any atom is 0.303 e. The Morgan fingerprint density at radius 2 is 1.97 bits per heavy atom. The van der Waals surface area contributed by atoms with Crippen LogP contribution in [0.15, 0.2) is 23.8 Å². The molecule has 0 aromatic heterocycles. The lowest BCUT2D eigenvalue weighted by Gasteiger charge is -2.64. The fourth-order valence-corrected chi connectivity index (χ4v) is 8.77. The van der Waals surface area contributed by atoms with Crippen molar-refractivity contribution in [2.45, 2.75) is 68.0 Å². The zero-order chi connectivity index (χ0) is 24.7. The summed E-state index contributed by atoms with van der Waals surface area (Å²) in [5, 5.41) is 23.0. The van der Waals surface area contributed by atoms with Gasteiger partial charge in [0.2, 0.25) is 5.78 Å². The van der Waals surface area contributed by atoms with Gasteiger partial charge < -0.3 is 14.9 Å². The van der Waals surface area contributed by atoms with E-state index < -0.39 is 80.2 Å². The molecule has 4 aliphatic carbocycles. The largest absolute Gasteiger partial charge is 0.458 e. The number of hydrogen-bond donors (Lipinski definition) is 2.